The summed E-state index contributed by atoms with van der Waals surface area (Å²) in [4.78, 5) is 0. The highest BCUT2D eigenvalue weighted by molar-refractivity contribution is 8.29. The molecule has 2 fully saturated rings. The number of rotatable bonds is 6. The van der Waals surface area contributed by atoms with Crippen molar-refractivity contribution in [1.29, 1.82) is 0 Å². The summed E-state index contributed by atoms with van der Waals surface area (Å²) >= 11 is 0. The number of methoxy groups -OCH3 is 1. The summed E-state index contributed by atoms with van der Waals surface area (Å²) in [6.07, 6.45) is 3.78. The molecule has 30 heavy (non-hydrogen) atoms. The molecule has 0 aromatic carbocycles. The summed E-state index contributed by atoms with van der Waals surface area (Å²) in [6.45, 7) is 8.59. The van der Waals surface area contributed by atoms with Crippen molar-refractivity contribution in [1.82, 2.24) is 5.32 Å². The minimum Gasteiger partial charge on any atom is -0.373 e. The van der Waals surface area contributed by atoms with Gasteiger partial charge in [-0.1, -0.05) is 17.2 Å². The van der Waals surface area contributed by atoms with Crippen molar-refractivity contribution < 1.29 is 37.0 Å². The molecule has 2 saturated heterocycles. The molecule has 0 aromatic heterocycles. The second kappa shape index (κ2) is 12.2. The van der Waals surface area contributed by atoms with Gasteiger partial charge in [-0.3, -0.25) is 0 Å². The van der Waals surface area contributed by atoms with E-state index in [-0.39, 0.29) is 24.9 Å². The fourth-order valence-electron chi connectivity index (χ4n) is 2.40. The zero-order chi connectivity index (χ0) is 23.8. The summed E-state index contributed by atoms with van der Waals surface area (Å²) in [6, 6.07) is 0. The molecule has 4 atom stereocenters. The molecule has 0 aliphatic carbocycles. The second-order valence-corrected chi connectivity index (χ2v) is 11.8. The summed E-state index contributed by atoms with van der Waals surface area (Å²) in [5, 5.41) is 8.51. The first-order chi connectivity index (χ1) is 13.6. The Morgan fingerprint density at radius 1 is 1.20 bits per heavy atom. The van der Waals surface area contributed by atoms with Gasteiger partial charge in [-0.15, -0.1) is 0 Å². The van der Waals surface area contributed by atoms with Gasteiger partial charge in [0.25, 0.3) is 5.25 Å². The number of nitrogens with one attached hydrogen (secondary N) is 1. The van der Waals surface area contributed by atoms with Crippen LogP contribution in [0.1, 0.15) is 47.5 Å². The van der Waals surface area contributed by atoms with Crippen LogP contribution in [0.25, 0.3) is 0 Å². The van der Waals surface area contributed by atoms with E-state index in [2.05, 4.69) is 10.1 Å². The summed E-state index contributed by atoms with van der Waals surface area (Å²) < 4.78 is 54.6. The SMILES string of the molecule is CCC1(C)OC2CCOC(COS(C)(C)C(C)(F)F)C2O1.CNC.COC(C)(C)O. The Bertz CT molecular complexity index is 487. The quantitative estimate of drug-likeness (QED) is 0.584. The molecule has 2 aliphatic heterocycles. The van der Waals surface area contributed by atoms with Crippen molar-refractivity contribution in [2.45, 2.75) is 82.6 Å². The normalized spacial score (nSPS) is 29.8. The Balaban J connectivity index is 0.000000791. The fourth-order valence-corrected chi connectivity index (χ4v) is 3.08. The maximum Gasteiger partial charge on any atom is 0.295 e. The first kappa shape index (κ1) is 29.9. The lowest BCUT2D eigenvalue weighted by Gasteiger charge is -2.39. The van der Waals surface area contributed by atoms with E-state index in [0.717, 1.165) is 19.8 Å². The van der Waals surface area contributed by atoms with E-state index in [1.807, 2.05) is 27.9 Å². The average Bonchev–Trinajstić information content (AvgIpc) is 2.97. The Hall–Kier alpha value is -0.0700. The standard InChI is InChI=1S/C14H26F2O4S.C4H10O2.C2H7N/c1-6-13(2)19-10-7-8-17-11(12(10)20-13)9-18-21(4,5)14(3,15)16;1-4(2,5)6-3;1-3-2/h10-12H,6-9H2,1-5H3;5H,1-3H3;3H,1-2H3. The lowest BCUT2D eigenvalue weighted by atomic mass is 10.0. The minimum absolute atomic E-state index is 0.0439. The minimum atomic E-state index is -2.84. The zero-order valence-electron chi connectivity index (χ0n) is 20.2. The van der Waals surface area contributed by atoms with Gasteiger partial charge >= 0.3 is 0 Å². The number of aliphatic hydroxyl groups is 1. The maximum atomic E-state index is 13.5. The highest BCUT2D eigenvalue weighted by Gasteiger charge is 2.50. The van der Waals surface area contributed by atoms with Crippen LogP contribution in [-0.4, -0.2) is 87.2 Å². The predicted octanol–water partition coefficient (Wildman–Crippen LogP) is 3.49. The van der Waals surface area contributed by atoms with Gasteiger partial charge in [-0.25, -0.2) is 0 Å². The molecule has 2 N–H and O–H groups in total. The van der Waals surface area contributed by atoms with Gasteiger partial charge in [0.15, 0.2) is 11.6 Å². The summed E-state index contributed by atoms with van der Waals surface area (Å²) in [5.41, 5.74) is 0. The van der Waals surface area contributed by atoms with Gasteiger partial charge in [-0.05, 0) is 60.2 Å². The van der Waals surface area contributed by atoms with Crippen molar-refractivity contribution in [2.24, 2.45) is 0 Å². The van der Waals surface area contributed by atoms with Gasteiger partial charge in [0.1, 0.15) is 12.2 Å². The number of halogens is 2. The van der Waals surface area contributed by atoms with Crippen molar-refractivity contribution >= 4 is 10.3 Å². The van der Waals surface area contributed by atoms with Crippen LogP contribution in [0.4, 0.5) is 8.78 Å². The lowest BCUT2D eigenvalue weighted by Crippen LogP contribution is -2.45. The Morgan fingerprint density at radius 3 is 2.10 bits per heavy atom. The van der Waals surface area contributed by atoms with Gasteiger partial charge in [0, 0.05) is 20.6 Å². The average molecular weight is 464 g/mol. The first-order valence-electron chi connectivity index (χ1n) is 10.1. The van der Waals surface area contributed by atoms with Crippen molar-refractivity contribution in [3.8, 4) is 0 Å². The molecule has 0 spiro atoms. The second-order valence-electron chi connectivity index (χ2n) is 8.40. The molecule has 0 radical (unpaired) electrons. The van der Waals surface area contributed by atoms with Crippen LogP contribution in [0.2, 0.25) is 0 Å². The van der Waals surface area contributed by atoms with E-state index in [0.29, 0.717) is 6.61 Å². The van der Waals surface area contributed by atoms with Crippen LogP contribution in [0.3, 0.4) is 0 Å². The van der Waals surface area contributed by atoms with Crippen LogP contribution in [0, 0.1) is 0 Å². The summed E-state index contributed by atoms with van der Waals surface area (Å²) in [7, 11) is 2.74. The Kier molecular flexibility index (Phi) is 12.2. The molecular formula is C20H43F2NO6S. The third kappa shape index (κ3) is 10.0. The molecule has 7 nitrogen and oxygen atoms in total. The summed E-state index contributed by atoms with van der Waals surface area (Å²) in [5.74, 6) is -1.57. The number of hydrogen-bond donors (Lipinski definition) is 2. The van der Waals surface area contributed by atoms with Crippen LogP contribution >= 0.6 is 10.3 Å². The highest BCUT2D eigenvalue weighted by atomic mass is 32.3. The molecule has 0 aromatic rings. The largest absolute Gasteiger partial charge is 0.373 e. The van der Waals surface area contributed by atoms with E-state index >= 15 is 0 Å². The molecule has 0 bridgehead atoms. The lowest BCUT2D eigenvalue weighted by molar-refractivity contribution is -0.170. The van der Waals surface area contributed by atoms with E-state index in [4.69, 9.17) is 23.5 Å². The Labute approximate surface area is 182 Å². The molecule has 4 unspecified atom stereocenters. The van der Waals surface area contributed by atoms with Crippen molar-refractivity contribution in [3.63, 3.8) is 0 Å². The number of ether oxygens (including phenoxy) is 4. The van der Waals surface area contributed by atoms with E-state index in [9.17, 15) is 8.78 Å². The van der Waals surface area contributed by atoms with Gasteiger partial charge in [0.05, 0.1) is 12.7 Å². The molecule has 184 valence electrons. The molecule has 2 aliphatic rings. The van der Waals surface area contributed by atoms with Gasteiger partial charge in [-0.2, -0.15) is 8.78 Å². The molecule has 0 saturated carbocycles. The topological polar surface area (TPSA) is 78.4 Å². The molecule has 0 amide bonds. The smallest absolute Gasteiger partial charge is 0.295 e. The molecule has 2 rings (SSSR count). The van der Waals surface area contributed by atoms with Crippen LogP contribution < -0.4 is 5.32 Å². The van der Waals surface area contributed by atoms with E-state index < -0.39 is 27.1 Å². The third-order valence-electron chi connectivity index (χ3n) is 4.79. The Morgan fingerprint density at radius 2 is 1.70 bits per heavy atom. The van der Waals surface area contributed by atoms with Crippen molar-refractivity contribution in [3.05, 3.63) is 0 Å². The van der Waals surface area contributed by atoms with Crippen LogP contribution in [-0.2, 0) is 23.1 Å². The highest BCUT2D eigenvalue weighted by Crippen LogP contribution is 2.56. The first-order valence-corrected chi connectivity index (χ1v) is 12.5. The van der Waals surface area contributed by atoms with Crippen LogP contribution in [0.15, 0.2) is 0 Å². The monoisotopic (exact) mass is 463 g/mol. The van der Waals surface area contributed by atoms with E-state index in [1.165, 1.54) is 19.6 Å². The maximum absolute atomic E-state index is 13.5. The zero-order valence-corrected chi connectivity index (χ0v) is 21.0. The predicted molar refractivity (Wildman–Crippen MR) is 117 cm³/mol. The molecular weight excluding hydrogens is 420 g/mol. The van der Waals surface area contributed by atoms with Gasteiger partial charge in [0.2, 0.25) is 0 Å². The fraction of sp³-hybridized carbons (Fsp3) is 1.00. The van der Waals surface area contributed by atoms with Crippen molar-refractivity contribution in [2.75, 3.05) is 46.9 Å². The molecule has 10 heteroatoms. The third-order valence-corrected chi connectivity index (χ3v) is 7.24. The van der Waals surface area contributed by atoms with Crippen LogP contribution in [0.5, 0.6) is 0 Å². The number of fused-ring (bicyclic) bond motifs is 1. The van der Waals surface area contributed by atoms with Gasteiger partial charge < -0.3 is 33.6 Å². The molecule has 2 heterocycles. The number of alkyl halides is 2. The van der Waals surface area contributed by atoms with E-state index in [1.54, 1.807) is 13.8 Å². The number of hydrogen-bond acceptors (Lipinski definition) is 7.